The van der Waals surface area contributed by atoms with Crippen LogP contribution in [0.1, 0.15) is 10.4 Å². The predicted molar refractivity (Wildman–Crippen MR) is 63.7 cm³/mol. The summed E-state index contributed by atoms with van der Waals surface area (Å²) in [5.41, 5.74) is 0.349. The first-order valence-corrected chi connectivity index (χ1v) is 6.48. The van der Waals surface area contributed by atoms with E-state index in [4.69, 9.17) is 0 Å². The first-order chi connectivity index (χ1) is 8.14. The molecule has 0 amide bonds. The molecule has 0 heterocycles. The number of hydrogen-bond acceptors (Lipinski definition) is 3. The van der Waals surface area contributed by atoms with Crippen LogP contribution in [0.4, 0.5) is 0 Å². The second-order valence-corrected chi connectivity index (χ2v) is 5.46. The van der Waals surface area contributed by atoms with Crippen LogP contribution in [-0.4, -0.2) is 14.7 Å². The minimum atomic E-state index is -3.53. The topological polar surface area (TPSA) is 51.2 Å². The third-order valence-corrected chi connectivity index (χ3v) is 4.13. The summed E-state index contributed by atoms with van der Waals surface area (Å²) in [5, 5.41) is 0. The maximum atomic E-state index is 12.2. The molecule has 0 atom stereocenters. The van der Waals surface area contributed by atoms with Gasteiger partial charge in [0, 0.05) is 5.56 Å². The largest absolute Gasteiger partial charge is 0.298 e. The molecule has 0 N–H and O–H groups in total. The Morgan fingerprint density at radius 3 is 2.12 bits per heavy atom. The number of sulfone groups is 1. The molecule has 0 spiro atoms. The average Bonchev–Trinajstić information content (AvgIpc) is 2.40. The van der Waals surface area contributed by atoms with E-state index < -0.39 is 9.84 Å². The lowest BCUT2D eigenvalue weighted by Crippen LogP contribution is -2.02. The molecule has 2 rings (SSSR count). The van der Waals surface area contributed by atoms with E-state index in [-0.39, 0.29) is 9.79 Å². The molecule has 0 aromatic heterocycles. The van der Waals surface area contributed by atoms with Crippen molar-refractivity contribution in [3.8, 4) is 0 Å². The van der Waals surface area contributed by atoms with Gasteiger partial charge in [-0.15, -0.1) is 0 Å². The SMILES string of the molecule is O=Cc1cccc(S(=O)(=O)c2ccccc2)c1. The average molecular weight is 246 g/mol. The van der Waals surface area contributed by atoms with E-state index in [0.717, 1.165) is 0 Å². The van der Waals surface area contributed by atoms with E-state index in [2.05, 4.69) is 0 Å². The Bertz CT molecular complexity index is 631. The summed E-state index contributed by atoms with van der Waals surface area (Å²) in [7, 11) is -3.53. The Morgan fingerprint density at radius 1 is 0.824 bits per heavy atom. The summed E-state index contributed by atoms with van der Waals surface area (Å²) < 4.78 is 24.4. The highest BCUT2D eigenvalue weighted by Crippen LogP contribution is 2.20. The Morgan fingerprint density at radius 2 is 1.47 bits per heavy atom. The molecule has 0 unspecified atom stereocenters. The maximum Gasteiger partial charge on any atom is 0.206 e. The van der Waals surface area contributed by atoms with Crippen LogP contribution in [0, 0.1) is 0 Å². The first-order valence-electron chi connectivity index (χ1n) is 5.00. The fourth-order valence-corrected chi connectivity index (χ4v) is 2.83. The van der Waals surface area contributed by atoms with Crippen LogP contribution in [0.15, 0.2) is 64.4 Å². The molecule has 3 nitrogen and oxygen atoms in total. The van der Waals surface area contributed by atoms with E-state index in [9.17, 15) is 13.2 Å². The first kappa shape index (κ1) is 11.5. The smallest absolute Gasteiger partial charge is 0.206 e. The van der Waals surface area contributed by atoms with Gasteiger partial charge in [0.2, 0.25) is 9.84 Å². The molecule has 0 radical (unpaired) electrons. The standard InChI is InChI=1S/C13H10O3S/c14-10-11-5-4-8-13(9-11)17(15,16)12-6-2-1-3-7-12/h1-10H. The van der Waals surface area contributed by atoms with Crippen molar-refractivity contribution in [3.05, 3.63) is 60.2 Å². The number of hydrogen-bond donors (Lipinski definition) is 0. The minimum absolute atomic E-state index is 0.133. The molecule has 0 fully saturated rings. The molecule has 0 aliphatic rings. The normalized spacial score (nSPS) is 11.1. The van der Waals surface area contributed by atoms with Crippen molar-refractivity contribution in [2.75, 3.05) is 0 Å². The van der Waals surface area contributed by atoms with Gasteiger partial charge < -0.3 is 0 Å². The van der Waals surface area contributed by atoms with Crippen LogP contribution >= 0.6 is 0 Å². The lowest BCUT2D eigenvalue weighted by Gasteiger charge is -2.04. The third kappa shape index (κ3) is 2.26. The highest BCUT2D eigenvalue weighted by molar-refractivity contribution is 7.91. The minimum Gasteiger partial charge on any atom is -0.298 e. The molecule has 0 saturated carbocycles. The predicted octanol–water partition coefficient (Wildman–Crippen LogP) is 2.33. The van der Waals surface area contributed by atoms with E-state index in [0.29, 0.717) is 11.8 Å². The summed E-state index contributed by atoms with van der Waals surface area (Å²) in [6.07, 6.45) is 0.629. The Balaban J connectivity index is 2.56. The van der Waals surface area contributed by atoms with Crippen LogP contribution in [0.5, 0.6) is 0 Å². The summed E-state index contributed by atoms with van der Waals surface area (Å²) in [4.78, 5) is 11.0. The summed E-state index contributed by atoms with van der Waals surface area (Å²) >= 11 is 0. The van der Waals surface area contributed by atoms with E-state index in [1.807, 2.05) is 0 Å². The zero-order valence-corrected chi connectivity index (χ0v) is 9.72. The molecule has 0 aliphatic carbocycles. The van der Waals surface area contributed by atoms with E-state index in [1.165, 1.54) is 24.3 Å². The highest BCUT2D eigenvalue weighted by atomic mass is 32.2. The molecular weight excluding hydrogens is 236 g/mol. The van der Waals surface area contributed by atoms with Gasteiger partial charge in [0.1, 0.15) is 6.29 Å². The fraction of sp³-hybridized carbons (Fsp3) is 0. The number of carbonyl (C=O) groups excluding carboxylic acids is 1. The van der Waals surface area contributed by atoms with Gasteiger partial charge in [0.15, 0.2) is 0 Å². The van der Waals surface area contributed by atoms with Gasteiger partial charge in [-0.05, 0) is 24.3 Å². The van der Waals surface area contributed by atoms with Crippen molar-refractivity contribution < 1.29 is 13.2 Å². The monoisotopic (exact) mass is 246 g/mol. The van der Waals surface area contributed by atoms with E-state index >= 15 is 0 Å². The van der Waals surface area contributed by atoms with Crippen LogP contribution < -0.4 is 0 Å². The van der Waals surface area contributed by atoms with Gasteiger partial charge in [0.05, 0.1) is 9.79 Å². The van der Waals surface area contributed by atoms with E-state index in [1.54, 1.807) is 30.3 Å². The van der Waals surface area contributed by atoms with Gasteiger partial charge in [0.25, 0.3) is 0 Å². The Kier molecular flexibility index (Phi) is 3.06. The number of carbonyl (C=O) groups is 1. The summed E-state index contributed by atoms with van der Waals surface area (Å²) in [5.74, 6) is 0. The zero-order chi connectivity index (χ0) is 12.3. The second kappa shape index (κ2) is 4.51. The molecule has 2 aromatic rings. The molecule has 0 aliphatic heterocycles. The lowest BCUT2D eigenvalue weighted by atomic mass is 10.2. The number of benzene rings is 2. The van der Waals surface area contributed by atoms with Crippen molar-refractivity contribution in [1.29, 1.82) is 0 Å². The summed E-state index contributed by atoms with van der Waals surface area (Å²) in [6.45, 7) is 0. The van der Waals surface area contributed by atoms with Crippen molar-refractivity contribution in [3.63, 3.8) is 0 Å². The van der Waals surface area contributed by atoms with Gasteiger partial charge in [-0.3, -0.25) is 4.79 Å². The molecule has 17 heavy (non-hydrogen) atoms. The Labute approximate surface area is 99.6 Å². The molecule has 86 valence electrons. The van der Waals surface area contributed by atoms with Crippen molar-refractivity contribution in [2.24, 2.45) is 0 Å². The van der Waals surface area contributed by atoms with Crippen LogP contribution in [0.25, 0.3) is 0 Å². The molecule has 4 heteroatoms. The van der Waals surface area contributed by atoms with Crippen molar-refractivity contribution in [1.82, 2.24) is 0 Å². The molecule has 0 bridgehead atoms. The van der Waals surface area contributed by atoms with Crippen molar-refractivity contribution in [2.45, 2.75) is 9.79 Å². The molecule has 2 aromatic carbocycles. The molecular formula is C13H10O3S. The Hall–Kier alpha value is -1.94. The van der Waals surface area contributed by atoms with Gasteiger partial charge in [-0.25, -0.2) is 8.42 Å². The van der Waals surface area contributed by atoms with Gasteiger partial charge in [-0.1, -0.05) is 30.3 Å². The highest BCUT2D eigenvalue weighted by Gasteiger charge is 2.16. The van der Waals surface area contributed by atoms with Crippen LogP contribution in [-0.2, 0) is 9.84 Å². The number of rotatable bonds is 3. The number of aldehydes is 1. The van der Waals surface area contributed by atoms with Gasteiger partial charge >= 0.3 is 0 Å². The van der Waals surface area contributed by atoms with Crippen LogP contribution in [0.3, 0.4) is 0 Å². The fourth-order valence-electron chi connectivity index (χ4n) is 1.49. The zero-order valence-electron chi connectivity index (χ0n) is 8.91. The quantitative estimate of drug-likeness (QED) is 0.781. The molecule has 0 saturated heterocycles. The summed E-state index contributed by atoms with van der Waals surface area (Å²) in [6, 6.07) is 14.1. The second-order valence-electron chi connectivity index (χ2n) is 3.51. The maximum absolute atomic E-state index is 12.2. The van der Waals surface area contributed by atoms with Crippen molar-refractivity contribution >= 4 is 16.1 Å². The van der Waals surface area contributed by atoms with Crippen LogP contribution in [0.2, 0.25) is 0 Å². The third-order valence-electron chi connectivity index (χ3n) is 2.36. The van der Waals surface area contributed by atoms with Gasteiger partial charge in [-0.2, -0.15) is 0 Å². The lowest BCUT2D eigenvalue weighted by molar-refractivity contribution is 0.112.